The van der Waals surface area contributed by atoms with Crippen LogP contribution in [0.15, 0.2) is 77.3 Å². The van der Waals surface area contributed by atoms with E-state index in [1.54, 1.807) is 24.3 Å². The highest BCUT2D eigenvalue weighted by molar-refractivity contribution is 9.10. The number of ether oxygens (including phenoxy) is 2. The normalized spacial score (nSPS) is 11.1. The number of carbonyl (C=O) groups is 3. The van der Waals surface area contributed by atoms with Crippen molar-refractivity contribution in [1.82, 2.24) is 5.32 Å². The SMILES string of the molecule is CCc1ccc(NC(=O)[C@H](Cc2ccc(OC(=O)OCc3ccccc3Br)cc2)NC(=O)CCCCC[NH3+])cc1.[Cl-]. The van der Waals surface area contributed by atoms with E-state index >= 15 is 0 Å². The Labute approximate surface area is 255 Å². The topological polar surface area (TPSA) is 121 Å². The summed E-state index contributed by atoms with van der Waals surface area (Å²) in [7, 11) is 0. The van der Waals surface area contributed by atoms with Crippen LogP contribution >= 0.6 is 15.9 Å². The summed E-state index contributed by atoms with van der Waals surface area (Å²) in [6.45, 7) is 2.98. The van der Waals surface area contributed by atoms with Gasteiger partial charge in [0.05, 0.1) is 6.54 Å². The number of hydrogen-bond donors (Lipinski definition) is 3. The fourth-order valence-electron chi connectivity index (χ4n) is 3.98. The number of benzene rings is 3. The molecular weight excluding hydrogens is 610 g/mol. The number of aryl methyl sites for hydroxylation is 1. The van der Waals surface area contributed by atoms with Gasteiger partial charge in [-0.25, -0.2) is 4.79 Å². The van der Waals surface area contributed by atoms with Crippen LogP contribution in [0.2, 0.25) is 0 Å². The van der Waals surface area contributed by atoms with Gasteiger partial charge in [-0.1, -0.05) is 65.3 Å². The Bertz CT molecular complexity index is 1260. The maximum atomic E-state index is 13.2. The van der Waals surface area contributed by atoms with Crippen molar-refractivity contribution in [2.45, 2.75) is 58.1 Å². The molecule has 220 valence electrons. The van der Waals surface area contributed by atoms with E-state index in [4.69, 9.17) is 9.47 Å². The number of quaternary nitrogens is 1. The van der Waals surface area contributed by atoms with E-state index in [1.165, 1.54) is 5.56 Å². The van der Waals surface area contributed by atoms with E-state index in [9.17, 15) is 14.4 Å². The maximum Gasteiger partial charge on any atom is 0.514 e. The number of rotatable bonds is 14. The molecule has 0 fully saturated rings. The summed E-state index contributed by atoms with van der Waals surface area (Å²) in [6.07, 6.45) is 3.35. The zero-order chi connectivity index (χ0) is 28.7. The van der Waals surface area contributed by atoms with Crippen molar-refractivity contribution in [3.05, 3.63) is 94.0 Å². The Morgan fingerprint density at radius 3 is 2.24 bits per heavy atom. The van der Waals surface area contributed by atoms with E-state index < -0.39 is 12.2 Å². The van der Waals surface area contributed by atoms with Gasteiger partial charge in [-0.3, -0.25) is 9.59 Å². The molecule has 0 aliphatic rings. The fourth-order valence-corrected chi connectivity index (χ4v) is 4.37. The van der Waals surface area contributed by atoms with Crippen molar-refractivity contribution in [2.75, 3.05) is 11.9 Å². The third-order valence-corrected chi connectivity index (χ3v) is 7.08. The third kappa shape index (κ3) is 11.9. The van der Waals surface area contributed by atoms with Gasteiger partial charge in [0.1, 0.15) is 18.4 Å². The second-order valence-electron chi connectivity index (χ2n) is 9.40. The summed E-state index contributed by atoms with van der Waals surface area (Å²) in [5, 5.41) is 5.81. The molecule has 0 saturated carbocycles. The Balaban J connectivity index is 0.00000588. The molecule has 0 spiro atoms. The molecule has 3 aromatic rings. The molecule has 0 bridgehead atoms. The van der Waals surface area contributed by atoms with Gasteiger partial charge >= 0.3 is 6.16 Å². The van der Waals surface area contributed by atoms with Gasteiger partial charge in [0.15, 0.2) is 0 Å². The fraction of sp³-hybridized carbons (Fsp3) is 0.323. The molecule has 0 heterocycles. The highest BCUT2D eigenvalue weighted by atomic mass is 79.9. The van der Waals surface area contributed by atoms with Crippen LogP contribution in [0.5, 0.6) is 5.75 Å². The van der Waals surface area contributed by atoms with Crippen LogP contribution in [0.3, 0.4) is 0 Å². The van der Waals surface area contributed by atoms with Crippen LogP contribution < -0.4 is 33.5 Å². The van der Waals surface area contributed by atoms with E-state index in [-0.39, 0.29) is 37.2 Å². The van der Waals surface area contributed by atoms with Crippen LogP contribution in [-0.2, 0) is 33.8 Å². The van der Waals surface area contributed by atoms with E-state index in [0.29, 0.717) is 17.9 Å². The summed E-state index contributed by atoms with van der Waals surface area (Å²) in [4.78, 5) is 38.0. The lowest BCUT2D eigenvalue weighted by molar-refractivity contribution is -0.368. The van der Waals surface area contributed by atoms with Crippen molar-refractivity contribution in [1.29, 1.82) is 0 Å². The average molecular weight is 647 g/mol. The lowest BCUT2D eigenvalue weighted by atomic mass is 10.0. The minimum Gasteiger partial charge on any atom is -1.00 e. The van der Waals surface area contributed by atoms with Crippen molar-refractivity contribution >= 4 is 39.6 Å². The molecule has 1 atom stereocenters. The number of hydrogen-bond acceptors (Lipinski definition) is 5. The molecule has 10 heteroatoms. The lowest BCUT2D eigenvalue weighted by Crippen LogP contribution is -3.00. The van der Waals surface area contributed by atoms with Crippen molar-refractivity contribution in [3.8, 4) is 5.75 Å². The lowest BCUT2D eigenvalue weighted by Gasteiger charge is -2.19. The van der Waals surface area contributed by atoms with Crippen LogP contribution in [0.4, 0.5) is 10.5 Å². The molecule has 0 aromatic heterocycles. The second-order valence-corrected chi connectivity index (χ2v) is 10.3. The van der Waals surface area contributed by atoms with Crippen LogP contribution in [0.1, 0.15) is 49.3 Å². The summed E-state index contributed by atoms with van der Waals surface area (Å²) >= 11 is 3.42. The van der Waals surface area contributed by atoms with Gasteiger partial charge in [-0.2, -0.15) is 0 Å². The second kappa shape index (κ2) is 18.1. The van der Waals surface area contributed by atoms with E-state index in [0.717, 1.165) is 47.8 Å². The minimum absolute atomic E-state index is 0. The minimum atomic E-state index is -0.819. The van der Waals surface area contributed by atoms with Crippen LogP contribution in [0, 0.1) is 0 Å². The van der Waals surface area contributed by atoms with E-state index in [1.807, 2.05) is 48.5 Å². The molecule has 0 unspecified atom stereocenters. The number of amides is 2. The first kappa shape index (κ1) is 33.8. The molecule has 0 radical (unpaired) electrons. The third-order valence-electron chi connectivity index (χ3n) is 6.30. The van der Waals surface area contributed by atoms with Gasteiger partial charge < -0.3 is 38.2 Å². The highest BCUT2D eigenvalue weighted by Gasteiger charge is 2.22. The largest absolute Gasteiger partial charge is 1.00 e. The Morgan fingerprint density at radius 2 is 1.59 bits per heavy atom. The molecule has 5 N–H and O–H groups in total. The Kier molecular flexibility index (Phi) is 14.9. The zero-order valence-electron chi connectivity index (χ0n) is 23.2. The number of unbranched alkanes of at least 4 members (excludes halogenated alkanes) is 2. The van der Waals surface area contributed by atoms with Gasteiger partial charge in [0.25, 0.3) is 0 Å². The molecule has 0 aliphatic heterocycles. The Hall–Kier alpha value is -3.40. The van der Waals surface area contributed by atoms with E-state index in [2.05, 4.69) is 39.2 Å². The zero-order valence-corrected chi connectivity index (χ0v) is 25.5. The summed E-state index contributed by atoms with van der Waals surface area (Å²) in [5.41, 5.74) is 7.29. The monoisotopic (exact) mass is 645 g/mol. The standard InChI is InChI=1S/C31H36BrN3O5.ClH/c1-2-22-11-15-25(16-12-22)34-30(37)28(35-29(36)10-4-3-7-19-33)20-23-13-17-26(18-14-23)40-31(38)39-21-24-8-5-6-9-27(24)32;/h5-6,8-9,11-18,28H,2-4,7,10,19-21,33H2,1H3,(H,34,37)(H,35,36);1H/t28-;/m0./s1. The molecule has 3 aromatic carbocycles. The molecule has 41 heavy (non-hydrogen) atoms. The molecule has 0 saturated heterocycles. The highest BCUT2D eigenvalue weighted by Crippen LogP contribution is 2.19. The maximum absolute atomic E-state index is 13.2. The smallest absolute Gasteiger partial charge is 0.514 e. The van der Waals surface area contributed by atoms with Gasteiger partial charge in [0, 0.05) is 28.6 Å². The quantitative estimate of drug-likeness (QED) is 0.141. The van der Waals surface area contributed by atoms with Gasteiger partial charge in [-0.15, -0.1) is 0 Å². The van der Waals surface area contributed by atoms with Crippen LogP contribution in [0.25, 0.3) is 0 Å². The first-order valence-electron chi connectivity index (χ1n) is 13.5. The predicted octanol–water partition coefficient (Wildman–Crippen LogP) is 2.20. The van der Waals surface area contributed by atoms with Crippen LogP contribution in [-0.4, -0.2) is 30.6 Å². The molecule has 3 rings (SSSR count). The van der Waals surface area contributed by atoms with Crippen molar-refractivity contribution in [3.63, 3.8) is 0 Å². The molecular formula is C31H37BrClN3O5. The molecule has 2 amide bonds. The number of halogens is 2. The summed E-state index contributed by atoms with van der Waals surface area (Å²) in [6, 6.07) is 21.1. The molecule has 0 aliphatic carbocycles. The number of carbonyl (C=O) groups excluding carboxylic acids is 3. The Morgan fingerprint density at radius 1 is 0.902 bits per heavy atom. The number of nitrogens with one attached hydrogen (secondary N) is 2. The van der Waals surface area contributed by atoms with Gasteiger partial charge in [-0.05, 0) is 67.1 Å². The average Bonchev–Trinajstić information content (AvgIpc) is 2.96. The molecule has 8 nitrogen and oxygen atoms in total. The first-order valence-corrected chi connectivity index (χ1v) is 14.3. The first-order chi connectivity index (χ1) is 19.4. The van der Waals surface area contributed by atoms with Crippen molar-refractivity contribution in [2.24, 2.45) is 0 Å². The summed E-state index contributed by atoms with van der Waals surface area (Å²) < 4.78 is 11.3. The van der Waals surface area contributed by atoms with Crippen molar-refractivity contribution < 1.29 is 42.0 Å². The van der Waals surface area contributed by atoms with Gasteiger partial charge in [0.2, 0.25) is 11.8 Å². The number of anilines is 1. The predicted molar refractivity (Wildman–Crippen MR) is 158 cm³/mol. The summed E-state index contributed by atoms with van der Waals surface area (Å²) in [5.74, 6) is -0.156.